The summed E-state index contributed by atoms with van der Waals surface area (Å²) in [6, 6.07) is 2.37. The highest BCUT2D eigenvalue weighted by Gasteiger charge is 2.26. The van der Waals surface area contributed by atoms with Crippen LogP contribution >= 0.6 is 0 Å². The average molecular weight is 248 g/mol. The van der Waals surface area contributed by atoms with E-state index in [2.05, 4.69) is 24.3 Å². The van der Waals surface area contributed by atoms with E-state index in [0.29, 0.717) is 23.3 Å². The van der Waals surface area contributed by atoms with Crippen molar-refractivity contribution in [1.82, 2.24) is 15.4 Å². The van der Waals surface area contributed by atoms with Gasteiger partial charge >= 0.3 is 0 Å². The Hall–Kier alpha value is -1.62. The number of amides is 1. The van der Waals surface area contributed by atoms with Crippen LogP contribution in [0.15, 0.2) is 18.5 Å². The van der Waals surface area contributed by atoms with E-state index in [-0.39, 0.29) is 5.91 Å². The van der Waals surface area contributed by atoms with Crippen molar-refractivity contribution in [2.24, 2.45) is 0 Å². The molecule has 1 amide bonds. The molecular weight excluding hydrogens is 228 g/mol. The van der Waals surface area contributed by atoms with Crippen LogP contribution < -0.4 is 11.2 Å². The van der Waals surface area contributed by atoms with E-state index in [1.165, 1.54) is 12.6 Å². The average Bonchev–Trinajstić information content (AvgIpc) is 2.34. The number of hydrogen-bond acceptors (Lipinski definition) is 4. The minimum absolute atomic E-state index is 0.157. The molecule has 5 heteroatoms. The number of nitrogens with two attached hydrogens (primary N) is 1. The van der Waals surface area contributed by atoms with Crippen LogP contribution in [0.5, 0.6) is 0 Å². The maximum atomic E-state index is 12.2. The van der Waals surface area contributed by atoms with Gasteiger partial charge in [0.25, 0.3) is 5.91 Å². The largest absolute Gasteiger partial charge is 0.397 e. The molecular formula is C13H20N4O. The lowest BCUT2D eigenvalue weighted by atomic mass is 10.00. The molecule has 0 saturated carbocycles. The van der Waals surface area contributed by atoms with Crippen LogP contribution in [0.2, 0.25) is 0 Å². The Morgan fingerprint density at radius 1 is 1.44 bits per heavy atom. The van der Waals surface area contributed by atoms with Gasteiger partial charge in [-0.05, 0) is 32.8 Å². The Morgan fingerprint density at radius 2 is 2.11 bits per heavy atom. The highest BCUT2D eigenvalue weighted by Crippen LogP contribution is 2.21. The number of aromatic nitrogens is 1. The summed E-state index contributed by atoms with van der Waals surface area (Å²) in [6.45, 7) is 4.26. The van der Waals surface area contributed by atoms with Crippen LogP contribution in [0.4, 0.5) is 5.69 Å². The second kappa shape index (κ2) is 5.35. The fraction of sp³-hybridized carbons (Fsp3) is 0.538. The third-order valence-corrected chi connectivity index (χ3v) is 3.52. The van der Waals surface area contributed by atoms with Gasteiger partial charge in [-0.1, -0.05) is 6.42 Å². The summed E-state index contributed by atoms with van der Waals surface area (Å²) < 4.78 is 0. The van der Waals surface area contributed by atoms with Gasteiger partial charge < -0.3 is 5.73 Å². The summed E-state index contributed by atoms with van der Waals surface area (Å²) >= 11 is 0. The number of carbonyl (C=O) groups is 1. The van der Waals surface area contributed by atoms with E-state index in [0.717, 1.165) is 12.8 Å². The number of piperidine rings is 1. The van der Waals surface area contributed by atoms with E-state index < -0.39 is 0 Å². The molecule has 2 heterocycles. The molecule has 0 aliphatic carbocycles. The summed E-state index contributed by atoms with van der Waals surface area (Å²) in [4.78, 5) is 16.0. The molecule has 1 aliphatic heterocycles. The first-order valence-corrected chi connectivity index (χ1v) is 6.38. The van der Waals surface area contributed by atoms with Crippen molar-refractivity contribution in [2.45, 2.75) is 45.2 Å². The van der Waals surface area contributed by atoms with Gasteiger partial charge in [0.05, 0.1) is 17.4 Å². The fourth-order valence-corrected chi connectivity index (χ4v) is 2.43. The molecule has 2 unspecified atom stereocenters. The second-order valence-electron chi connectivity index (χ2n) is 4.94. The summed E-state index contributed by atoms with van der Waals surface area (Å²) in [7, 11) is 0. The van der Waals surface area contributed by atoms with Crippen molar-refractivity contribution in [3.8, 4) is 0 Å². The van der Waals surface area contributed by atoms with Gasteiger partial charge in [0.2, 0.25) is 0 Å². The second-order valence-corrected chi connectivity index (χ2v) is 4.94. The van der Waals surface area contributed by atoms with Crippen molar-refractivity contribution < 1.29 is 4.79 Å². The first-order chi connectivity index (χ1) is 8.59. The van der Waals surface area contributed by atoms with Crippen LogP contribution in [0.1, 0.15) is 43.5 Å². The number of anilines is 1. The smallest absolute Gasteiger partial charge is 0.267 e. The van der Waals surface area contributed by atoms with Crippen LogP contribution in [-0.4, -0.2) is 28.0 Å². The summed E-state index contributed by atoms with van der Waals surface area (Å²) in [5.41, 5.74) is 9.61. The minimum Gasteiger partial charge on any atom is -0.397 e. The Labute approximate surface area is 107 Å². The lowest BCUT2D eigenvalue weighted by Crippen LogP contribution is -2.54. The minimum atomic E-state index is -0.157. The Kier molecular flexibility index (Phi) is 3.81. The monoisotopic (exact) mass is 248 g/mol. The molecule has 0 radical (unpaired) electrons. The lowest BCUT2D eigenvalue weighted by molar-refractivity contribution is 0.0370. The standard InChI is InChI=1S/C13H20N4O/c1-9-4-3-5-10(2)17(9)16-13(18)11-6-7-15-8-12(11)14/h6-10H,3-5,14H2,1-2H3,(H,16,18). The molecule has 0 bridgehead atoms. The highest BCUT2D eigenvalue weighted by molar-refractivity contribution is 5.98. The van der Waals surface area contributed by atoms with Crippen molar-refractivity contribution in [3.63, 3.8) is 0 Å². The van der Waals surface area contributed by atoms with Gasteiger partial charge in [0.15, 0.2) is 0 Å². The maximum absolute atomic E-state index is 12.2. The van der Waals surface area contributed by atoms with Crippen LogP contribution in [0, 0.1) is 0 Å². The highest BCUT2D eigenvalue weighted by atomic mass is 16.2. The number of nitrogens with zero attached hydrogens (tertiary/aromatic N) is 2. The zero-order chi connectivity index (χ0) is 13.1. The molecule has 1 fully saturated rings. The predicted octanol–water partition coefficient (Wildman–Crippen LogP) is 1.57. The quantitative estimate of drug-likeness (QED) is 0.833. The Balaban J connectivity index is 2.09. The third-order valence-electron chi connectivity index (χ3n) is 3.52. The molecule has 0 spiro atoms. The molecule has 1 saturated heterocycles. The van der Waals surface area contributed by atoms with Gasteiger partial charge in [0, 0.05) is 18.3 Å². The summed E-state index contributed by atoms with van der Waals surface area (Å²) in [5, 5.41) is 2.03. The molecule has 18 heavy (non-hydrogen) atoms. The number of hydrazine groups is 1. The number of nitrogens with one attached hydrogen (secondary N) is 1. The topological polar surface area (TPSA) is 71.2 Å². The predicted molar refractivity (Wildman–Crippen MR) is 70.7 cm³/mol. The number of hydrogen-bond donors (Lipinski definition) is 2. The normalized spacial score (nSPS) is 24.8. The van der Waals surface area contributed by atoms with E-state index in [1.54, 1.807) is 12.3 Å². The van der Waals surface area contributed by atoms with Crippen molar-refractivity contribution in [3.05, 3.63) is 24.0 Å². The van der Waals surface area contributed by atoms with Gasteiger partial charge in [-0.25, -0.2) is 5.01 Å². The van der Waals surface area contributed by atoms with Crippen molar-refractivity contribution in [1.29, 1.82) is 0 Å². The van der Waals surface area contributed by atoms with Gasteiger partial charge in [0.1, 0.15) is 0 Å². The molecule has 2 atom stereocenters. The number of nitrogen functional groups attached to an aromatic ring is 1. The number of carbonyl (C=O) groups excluding carboxylic acids is 1. The van der Waals surface area contributed by atoms with Gasteiger partial charge in [-0.2, -0.15) is 0 Å². The third kappa shape index (κ3) is 2.61. The molecule has 1 aromatic heterocycles. The van der Waals surface area contributed by atoms with E-state index in [4.69, 9.17) is 5.73 Å². The Bertz CT molecular complexity index is 425. The van der Waals surface area contributed by atoms with Crippen molar-refractivity contribution in [2.75, 3.05) is 5.73 Å². The number of pyridine rings is 1. The van der Waals surface area contributed by atoms with E-state index in [9.17, 15) is 4.79 Å². The lowest BCUT2D eigenvalue weighted by Gasteiger charge is -2.38. The zero-order valence-corrected chi connectivity index (χ0v) is 10.9. The first-order valence-electron chi connectivity index (χ1n) is 6.38. The summed E-state index contributed by atoms with van der Waals surface area (Å²) in [5.74, 6) is -0.157. The molecule has 5 nitrogen and oxygen atoms in total. The molecule has 98 valence electrons. The fourth-order valence-electron chi connectivity index (χ4n) is 2.43. The molecule has 0 aromatic carbocycles. The molecule has 1 aliphatic rings. The van der Waals surface area contributed by atoms with E-state index in [1.807, 2.05) is 5.01 Å². The first kappa shape index (κ1) is 12.8. The van der Waals surface area contributed by atoms with E-state index >= 15 is 0 Å². The van der Waals surface area contributed by atoms with Crippen LogP contribution in [-0.2, 0) is 0 Å². The van der Waals surface area contributed by atoms with Crippen LogP contribution in [0.3, 0.4) is 0 Å². The number of rotatable bonds is 2. The van der Waals surface area contributed by atoms with Crippen molar-refractivity contribution >= 4 is 11.6 Å². The van der Waals surface area contributed by atoms with Gasteiger partial charge in [-0.3, -0.25) is 15.2 Å². The summed E-state index contributed by atoms with van der Waals surface area (Å²) in [6.07, 6.45) is 6.51. The zero-order valence-electron chi connectivity index (χ0n) is 10.9. The maximum Gasteiger partial charge on any atom is 0.267 e. The SMILES string of the molecule is CC1CCCC(C)N1NC(=O)c1ccncc1N. The molecule has 2 rings (SSSR count). The van der Waals surface area contributed by atoms with Crippen LogP contribution in [0.25, 0.3) is 0 Å². The molecule has 3 N–H and O–H groups in total. The molecule has 1 aromatic rings. The van der Waals surface area contributed by atoms with Gasteiger partial charge in [-0.15, -0.1) is 0 Å². The Morgan fingerprint density at radius 3 is 2.72 bits per heavy atom.